The highest BCUT2D eigenvalue weighted by Crippen LogP contribution is 2.26. The van der Waals surface area contributed by atoms with Gasteiger partial charge in [-0.1, -0.05) is 0 Å². The fourth-order valence-corrected chi connectivity index (χ4v) is 2.50. The molecular formula is C16H17NO4. The van der Waals surface area contributed by atoms with E-state index >= 15 is 0 Å². The van der Waals surface area contributed by atoms with Gasteiger partial charge in [-0.2, -0.15) is 0 Å². The average Bonchev–Trinajstić information content (AvgIpc) is 3.18. The maximum atomic E-state index is 11.4. The number of furan rings is 1. The molecular weight excluding hydrogens is 270 g/mol. The van der Waals surface area contributed by atoms with Gasteiger partial charge >= 0.3 is 5.97 Å². The number of hydrogen-bond acceptors (Lipinski definition) is 4. The predicted octanol–water partition coefficient (Wildman–Crippen LogP) is 3.24. The lowest BCUT2D eigenvalue weighted by Gasteiger charge is -2.14. The van der Waals surface area contributed by atoms with E-state index in [4.69, 9.17) is 9.15 Å². The number of aromatic carboxylic acids is 1. The van der Waals surface area contributed by atoms with Gasteiger partial charge in [-0.15, -0.1) is 0 Å². The monoisotopic (exact) mass is 287 g/mol. The molecule has 0 saturated carbocycles. The van der Waals surface area contributed by atoms with Crippen LogP contribution in [0.15, 0.2) is 41.0 Å². The lowest BCUT2D eigenvalue weighted by Crippen LogP contribution is -2.19. The van der Waals surface area contributed by atoms with Crippen molar-refractivity contribution in [2.45, 2.75) is 18.9 Å². The summed E-state index contributed by atoms with van der Waals surface area (Å²) in [5.74, 6) is -0.304. The molecule has 3 rings (SSSR count). The number of carboxylic acid groups (broad SMARTS) is 1. The second-order valence-electron chi connectivity index (χ2n) is 5.06. The van der Waals surface area contributed by atoms with E-state index in [2.05, 4.69) is 5.32 Å². The Hall–Kier alpha value is -2.27. The maximum Gasteiger partial charge on any atom is 0.337 e. The van der Waals surface area contributed by atoms with E-state index < -0.39 is 5.97 Å². The van der Waals surface area contributed by atoms with Crippen molar-refractivity contribution in [3.63, 3.8) is 0 Å². The highest BCUT2D eigenvalue weighted by molar-refractivity contribution is 5.95. The largest absolute Gasteiger partial charge is 0.478 e. The van der Waals surface area contributed by atoms with Crippen LogP contribution in [0.25, 0.3) is 11.3 Å². The number of ether oxygens (including phenoxy) is 1. The summed E-state index contributed by atoms with van der Waals surface area (Å²) in [7, 11) is 0. The van der Waals surface area contributed by atoms with Crippen molar-refractivity contribution in [2.24, 2.45) is 0 Å². The Bertz CT molecular complexity index is 615. The lowest BCUT2D eigenvalue weighted by atomic mass is 10.1. The number of carboxylic acids is 1. The quantitative estimate of drug-likeness (QED) is 0.883. The molecule has 1 aromatic heterocycles. The van der Waals surface area contributed by atoms with Gasteiger partial charge in [0, 0.05) is 24.4 Å². The second kappa shape index (κ2) is 6.01. The molecule has 0 radical (unpaired) electrons. The predicted molar refractivity (Wildman–Crippen MR) is 78.6 cm³/mol. The minimum atomic E-state index is -0.960. The summed E-state index contributed by atoms with van der Waals surface area (Å²) in [6.07, 6.45) is 3.81. The summed E-state index contributed by atoms with van der Waals surface area (Å²) in [5, 5.41) is 12.6. The lowest BCUT2D eigenvalue weighted by molar-refractivity contribution is 0.0697. The zero-order valence-electron chi connectivity index (χ0n) is 11.5. The Labute approximate surface area is 122 Å². The van der Waals surface area contributed by atoms with Crippen LogP contribution in [-0.2, 0) is 4.74 Å². The summed E-state index contributed by atoms with van der Waals surface area (Å²) < 4.78 is 10.8. The van der Waals surface area contributed by atoms with Crippen molar-refractivity contribution in [3.8, 4) is 11.3 Å². The van der Waals surface area contributed by atoms with Crippen LogP contribution >= 0.6 is 0 Å². The van der Waals surface area contributed by atoms with E-state index in [1.54, 1.807) is 30.5 Å². The molecule has 1 aliphatic heterocycles. The maximum absolute atomic E-state index is 11.4. The molecule has 5 nitrogen and oxygen atoms in total. The zero-order chi connectivity index (χ0) is 14.7. The van der Waals surface area contributed by atoms with Gasteiger partial charge in [0.2, 0.25) is 0 Å². The zero-order valence-corrected chi connectivity index (χ0v) is 11.5. The highest BCUT2D eigenvalue weighted by Gasteiger charge is 2.17. The van der Waals surface area contributed by atoms with Crippen LogP contribution in [0.1, 0.15) is 23.2 Å². The molecule has 1 aliphatic rings. The first-order valence-electron chi connectivity index (χ1n) is 7.01. The third-order valence-electron chi connectivity index (χ3n) is 3.60. The number of rotatable bonds is 5. The van der Waals surface area contributed by atoms with E-state index in [9.17, 15) is 9.90 Å². The van der Waals surface area contributed by atoms with Crippen LogP contribution in [-0.4, -0.2) is 30.3 Å². The molecule has 21 heavy (non-hydrogen) atoms. The minimum Gasteiger partial charge on any atom is -0.478 e. The molecule has 2 heterocycles. The SMILES string of the molecule is O=C(O)c1cc(-c2ccco2)ccc1NCC1CCCO1. The summed E-state index contributed by atoms with van der Waals surface area (Å²) in [6, 6.07) is 8.83. The molecule has 1 saturated heterocycles. The fraction of sp³-hybridized carbons (Fsp3) is 0.312. The van der Waals surface area contributed by atoms with Crippen molar-refractivity contribution >= 4 is 11.7 Å². The molecule has 0 amide bonds. The Morgan fingerprint density at radius 3 is 2.95 bits per heavy atom. The van der Waals surface area contributed by atoms with Crippen LogP contribution in [0.2, 0.25) is 0 Å². The van der Waals surface area contributed by atoms with Crippen molar-refractivity contribution in [1.82, 2.24) is 0 Å². The summed E-state index contributed by atoms with van der Waals surface area (Å²) >= 11 is 0. The minimum absolute atomic E-state index is 0.163. The van der Waals surface area contributed by atoms with E-state index in [0.717, 1.165) is 25.0 Å². The molecule has 2 N–H and O–H groups in total. The van der Waals surface area contributed by atoms with Crippen LogP contribution in [0.5, 0.6) is 0 Å². The first-order valence-corrected chi connectivity index (χ1v) is 7.01. The van der Waals surface area contributed by atoms with Crippen molar-refractivity contribution in [2.75, 3.05) is 18.5 Å². The van der Waals surface area contributed by atoms with Crippen molar-refractivity contribution in [3.05, 3.63) is 42.2 Å². The Morgan fingerprint density at radius 1 is 1.38 bits per heavy atom. The Kier molecular flexibility index (Phi) is 3.92. The van der Waals surface area contributed by atoms with Gasteiger partial charge in [0.05, 0.1) is 17.9 Å². The standard InChI is InChI=1S/C16H17NO4/c18-16(19)13-9-11(15-4-2-8-21-15)5-6-14(13)17-10-12-3-1-7-20-12/h2,4-6,8-9,12,17H,1,3,7,10H2,(H,18,19). The summed E-state index contributed by atoms with van der Waals surface area (Å²) in [4.78, 5) is 11.4. The molecule has 1 fully saturated rings. The number of benzene rings is 1. The van der Waals surface area contributed by atoms with Gasteiger partial charge in [-0.05, 0) is 43.2 Å². The van der Waals surface area contributed by atoms with Crippen molar-refractivity contribution < 1.29 is 19.1 Å². The van der Waals surface area contributed by atoms with Gasteiger partial charge in [0.15, 0.2) is 0 Å². The molecule has 2 aromatic rings. The van der Waals surface area contributed by atoms with Crippen LogP contribution < -0.4 is 5.32 Å². The molecule has 1 unspecified atom stereocenters. The van der Waals surface area contributed by atoms with Gasteiger partial charge in [0.25, 0.3) is 0 Å². The van der Waals surface area contributed by atoms with Crippen LogP contribution in [0.3, 0.4) is 0 Å². The van der Waals surface area contributed by atoms with Crippen molar-refractivity contribution in [1.29, 1.82) is 0 Å². The van der Waals surface area contributed by atoms with E-state index in [1.807, 2.05) is 6.07 Å². The van der Waals surface area contributed by atoms with E-state index in [0.29, 0.717) is 18.0 Å². The molecule has 0 aliphatic carbocycles. The van der Waals surface area contributed by atoms with Gasteiger partial charge in [-0.3, -0.25) is 0 Å². The van der Waals surface area contributed by atoms with E-state index in [1.165, 1.54) is 0 Å². The number of hydrogen-bond donors (Lipinski definition) is 2. The molecule has 0 bridgehead atoms. The highest BCUT2D eigenvalue weighted by atomic mass is 16.5. The number of carbonyl (C=O) groups is 1. The van der Waals surface area contributed by atoms with Crippen LogP contribution in [0.4, 0.5) is 5.69 Å². The molecule has 5 heteroatoms. The normalized spacial score (nSPS) is 17.8. The molecule has 110 valence electrons. The number of anilines is 1. The summed E-state index contributed by atoms with van der Waals surface area (Å²) in [5.41, 5.74) is 1.59. The van der Waals surface area contributed by atoms with Crippen LogP contribution in [0, 0.1) is 0 Å². The smallest absolute Gasteiger partial charge is 0.337 e. The average molecular weight is 287 g/mol. The number of nitrogens with one attached hydrogen (secondary N) is 1. The molecule has 1 atom stereocenters. The summed E-state index contributed by atoms with van der Waals surface area (Å²) in [6.45, 7) is 1.41. The van der Waals surface area contributed by atoms with Gasteiger partial charge in [-0.25, -0.2) is 4.79 Å². The third-order valence-corrected chi connectivity index (χ3v) is 3.60. The van der Waals surface area contributed by atoms with Gasteiger partial charge < -0.3 is 19.6 Å². The third kappa shape index (κ3) is 3.08. The first kappa shape index (κ1) is 13.7. The molecule has 1 aromatic carbocycles. The molecule has 0 spiro atoms. The fourth-order valence-electron chi connectivity index (χ4n) is 2.50. The first-order chi connectivity index (χ1) is 10.2. The van der Waals surface area contributed by atoms with E-state index in [-0.39, 0.29) is 11.7 Å². The Morgan fingerprint density at radius 2 is 2.29 bits per heavy atom. The second-order valence-corrected chi connectivity index (χ2v) is 5.06. The van der Waals surface area contributed by atoms with Gasteiger partial charge in [0.1, 0.15) is 5.76 Å². The Balaban J connectivity index is 1.80. The topological polar surface area (TPSA) is 71.7 Å².